The molecule has 0 radical (unpaired) electrons. The van der Waals surface area contributed by atoms with Crippen molar-refractivity contribution in [3.05, 3.63) is 66.2 Å². The molecule has 0 aliphatic rings. The highest BCUT2D eigenvalue weighted by Gasteiger charge is 2.13. The van der Waals surface area contributed by atoms with Crippen LogP contribution in [0.15, 0.2) is 65.6 Å². The van der Waals surface area contributed by atoms with E-state index in [0.717, 1.165) is 11.3 Å². The Balaban J connectivity index is 1.67. The van der Waals surface area contributed by atoms with Crippen molar-refractivity contribution in [2.24, 2.45) is 5.73 Å². The van der Waals surface area contributed by atoms with Gasteiger partial charge in [-0.15, -0.1) is 11.8 Å². The smallest absolute Gasteiger partial charge is 0.237 e. The van der Waals surface area contributed by atoms with E-state index in [2.05, 4.69) is 17.4 Å². The summed E-state index contributed by atoms with van der Waals surface area (Å²) in [6.45, 7) is 0.626. The monoisotopic (exact) mass is 300 g/mol. The fourth-order valence-electron chi connectivity index (χ4n) is 1.95. The Kier molecular flexibility index (Phi) is 6.31. The molecule has 0 unspecified atom stereocenters. The topological polar surface area (TPSA) is 55.1 Å². The molecule has 3 N–H and O–H groups in total. The average Bonchev–Trinajstić information content (AvgIpc) is 2.53. The number of amides is 1. The molecule has 2 aromatic carbocycles. The van der Waals surface area contributed by atoms with Crippen molar-refractivity contribution in [3.63, 3.8) is 0 Å². The summed E-state index contributed by atoms with van der Waals surface area (Å²) in [6, 6.07) is 19.5. The third-order valence-corrected chi connectivity index (χ3v) is 4.06. The number of thioether (sulfide) groups is 1. The Morgan fingerprint density at radius 1 is 1.05 bits per heavy atom. The summed E-state index contributed by atoms with van der Waals surface area (Å²) in [5, 5.41) is 2.89. The molecule has 21 heavy (non-hydrogen) atoms. The lowest BCUT2D eigenvalue weighted by Gasteiger charge is -2.12. The largest absolute Gasteiger partial charge is 0.354 e. The average molecular weight is 300 g/mol. The molecule has 0 heterocycles. The summed E-state index contributed by atoms with van der Waals surface area (Å²) in [6.07, 6.45) is 0.568. The highest BCUT2D eigenvalue weighted by Crippen LogP contribution is 2.15. The van der Waals surface area contributed by atoms with Crippen molar-refractivity contribution in [2.75, 3.05) is 12.3 Å². The first-order valence-electron chi connectivity index (χ1n) is 7.01. The maximum absolute atomic E-state index is 11.9. The van der Waals surface area contributed by atoms with Gasteiger partial charge in [-0.2, -0.15) is 0 Å². The normalized spacial score (nSPS) is 11.9. The summed E-state index contributed by atoms with van der Waals surface area (Å²) in [4.78, 5) is 13.1. The number of nitrogens with one attached hydrogen (secondary N) is 1. The Bertz CT molecular complexity index is 545. The Morgan fingerprint density at radius 3 is 2.33 bits per heavy atom. The van der Waals surface area contributed by atoms with Gasteiger partial charge in [0.05, 0.1) is 6.04 Å². The van der Waals surface area contributed by atoms with Gasteiger partial charge in [-0.25, -0.2) is 0 Å². The van der Waals surface area contributed by atoms with Crippen LogP contribution in [0.2, 0.25) is 0 Å². The zero-order valence-electron chi connectivity index (χ0n) is 11.9. The predicted molar refractivity (Wildman–Crippen MR) is 88.3 cm³/mol. The number of nitrogens with two attached hydrogens (primary N) is 1. The number of benzene rings is 2. The van der Waals surface area contributed by atoms with Crippen LogP contribution < -0.4 is 11.1 Å². The molecule has 1 atom stereocenters. The Morgan fingerprint density at radius 2 is 1.67 bits per heavy atom. The Labute approximate surface area is 129 Å². The van der Waals surface area contributed by atoms with Gasteiger partial charge in [0.2, 0.25) is 5.91 Å². The standard InChI is InChI=1S/C17H20N2OS/c18-16(13-14-7-3-1-4-8-14)17(20)19-11-12-21-15-9-5-2-6-10-15/h1-10,16H,11-13,18H2,(H,19,20)/t16-/m1/s1. The SMILES string of the molecule is N[C@H](Cc1ccccc1)C(=O)NCCSc1ccccc1. The summed E-state index contributed by atoms with van der Waals surface area (Å²) in [5.74, 6) is 0.751. The molecule has 4 heteroatoms. The van der Waals surface area contributed by atoms with E-state index >= 15 is 0 Å². The molecule has 0 aliphatic carbocycles. The van der Waals surface area contributed by atoms with Gasteiger partial charge in [0.1, 0.15) is 0 Å². The van der Waals surface area contributed by atoms with Crippen LogP contribution in [0.3, 0.4) is 0 Å². The van der Waals surface area contributed by atoms with E-state index < -0.39 is 6.04 Å². The molecule has 0 saturated heterocycles. The maximum Gasteiger partial charge on any atom is 0.237 e. The minimum Gasteiger partial charge on any atom is -0.354 e. The summed E-state index contributed by atoms with van der Waals surface area (Å²) in [5.41, 5.74) is 7.01. The van der Waals surface area contributed by atoms with Crippen molar-refractivity contribution < 1.29 is 4.79 Å². The molecule has 0 spiro atoms. The summed E-state index contributed by atoms with van der Waals surface area (Å²) in [7, 11) is 0. The molecule has 2 rings (SSSR count). The van der Waals surface area contributed by atoms with E-state index in [1.807, 2.05) is 48.5 Å². The molecule has 1 amide bonds. The van der Waals surface area contributed by atoms with Gasteiger partial charge >= 0.3 is 0 Å². The number of carbonyl (C=O) groups excluding carboxylic acids is 1. The highest BCUT2D eigenvalue weighted by molar-refractivity contribution is 7.99. The lowest BCUT2D eigenvalue weighted by Crippen LogP contribution is -2.42. The minimum absolute atomic E-state index is 0.0903. The lowest BCUT2D eigenvalue weighted by molar-refractivity contribution is -0.122. The van der Waals surface area contributed by atoms with Crippen LogP contribution >= 0.6 is 11.8 Å². The first-order valence-corrected chi connectivity index (χ1v) is 7.99. The zero-order valence-corrected chi connectivity index (χ0v) is 12.7. The van der Waals surface area contributed by atoms with Gasteiger partial charge in [0.25, 0.3) is 0 Å². The van der Waals surface area contributed by atoms with E-state index in [1.54, 1.807) is 11.8 Å². The molecule has 0 aromatic heterocycles. The van der Waals surface area contributed by atoms with E-state index in [1.165, 1.54) is 4.90 Å². The van der Waals surface area contributed by atoms with Crippen molar-refractivity contribution in [1.82, 2.24) is 5.32 Å². The summed E-state index contributed by atoms with van der Waals surface area (Å²) >= 11 is 1.72. The Hall–Kier alpha value is -1.78. The first kappa shape index (κ1) is 15.6. The van der Waals surface area contributed by atoms with E-state index in [0.29, 0.717) is 13.0 Å². The molecule has 0 aliphatic heterocycles. The summed E-state index contributed by atoms with van der Waals surface area (Å²) < 4.78 is 0. The lowest BCUT2D eigenvalue weighted by atomic mass is 10.1. The van der Waals surface area contributed by atoms with Crippen LogP contribution in [0, 0.1) is 0 Å². The molecular weight excluding hydrogens is 280 g/mol. The highest BCUT2D eigenvalue weighted by atomic mass is 32.2. The predicted octanol–water partition coefficient (Wildman–Crippen LogP) is 2.46. The van der Waals surface area contributed by atoms with Gasteiger partial charge in [0.15, 0.2) is 0 Å². The van der Waals surface area contributed by atoms with Gasteiger partial charge < -0.3 is 11.1 Å². The molecule has 110 valence electrons. The second-order valence-corrected chi connectivity index (χ2v) is 5.92. The van der Waals surface area contributed by atoms with Gasteiger partial charge in [-0.1, -0.05) is 48.5 Å². The fourth-order valence-corrected chi connectivity index (χ4v) is 2.74. The van der Waals surface area contributed by atoms with Crippen molar-refractivity contribution in [2.45, 2.75) is 17.4 Å². The van der Waals surface area contributed by atoms with Crippen LogP contribution in [0.4, 0.5) is 0 Å². The number of hydrogen-bond donors (Lipinski definition) is 2. The van der Waals surface area contributed by atoms with Crippen LogP contribution in [0.5, 0.6) is 0 Å². The van der Waals surface area contributed by atoms with Crippen LogP contribution in [-0.2, 0) is 11.2 Å². The maximum atomic E-state index is 11.9. The molecule has 3 nitrogen and oxygen atoms in total. The zero-order chi connectivity index (χ0) is 14.9. The van der Waals surface area contributed by atoms with Gasteiger partial charge in [-0.3, -0.25) is 4.79 Å². The second-order valence-electron chi connectivity index (χ2n) is 4.75. The van der Waals surface area contributed by atoms with Crippen molar-refractivity contribution in [3.8, 4) is 0 Å². The van der Waals surface area contributed by atoms with Crippen LogP contribution in [0.25, 0.3) is 0 Å². The minimum atomic E-state index is -0.492. The molecule has 0 saturated carbocycles. The molecule has 0 fully saturated rings. The third-order valence-electron chi connectivity index (χ3n) is 3.05. The number of rotatable bonds is 7. The van der Waals surface area contributed by atoms with E-state index in [4.69, 9.17) is 5.73 Å². The van der Waals surface area contributed by atoms with Gasteiger partial charge in [-0.05, 0) is 24.1 Å². The fraction of sp³-hybridized carbons (Fsp3) is 0.235. The van der Waals surface area contributed by atoms with Crippen LogP contribution in [-0.4, -0.2) is 24.2 Å². The molecular formula is C17H20N2OS. The van der Waals surface area contributed by atoms with Crippen LogP contribution in [0.1, 0.15) is 5.56 Å². The van der Waals surface area contributed by atoms with E-state index in [-0.39, 0.29) is 5.91 Å². The number of hydrogen-bond acceptors (Lipinski definition) is 3. The molecule has 2 aromatic rings. The first-order chi connectivity index (χ1) is 10.3. The van der Waals surface area contributed by atoms with E-state index in [9.17, 15) is 4.79 Å². The van der Waals surface area contributed by atoms with Crippen molar-refractivity contribution in [1.29, 1.82) is 0 Å². The number of carbonyl (C=O) groups is 1. The quantitative estimate of drug-likeness (QED) is 0.610. The molecule has 0 bridgehead atoms. The third kappa shape index (κ3) is 5.61. The van der Waals surface area contributed by atoms with Crippen molar-refractivity contribution >= 4 is 17.7 Å². The second kappa shape index (κ2) is 8.49. The van der Waals surface area contributed by atoms with Gasteiger partial charge in [0, 0.05) is 17.2 Å².